The normalized spacial score (nSPS) is 26.3. The van der Waals surface area contributed by atoms with Crippen molar-refractivity contribution >= 4 is 11.6 Å². The van der Waals surface area contributed by atoms with Crippen LogP contribution in [0.2, 0.25) is 5.02 Å². The molecule has 3 heteroatoms. The average Bonchev–Trinajstić information content (AvgIpc) is 2.40. The van der Waals surface area contributed by atoms with Gasteiger partial charge in [0.1, 0.15) is 0 Å². The van der Waals surface area contributed by atoms with Crippen LogP contribution >= 0.6 is 11.6 Å². The van der Waals surface area contributed by atoms with E-state index < -0.39 is 0 Å². The minimum absolute atomic E-state index is 0.0911. The van der Waals surface area contributed by atoms with Gasteiger partial charge in [-0.1, -0.05) is 37.6 Å². The highest BCUT2D eigenvalue weighted by Crippen LogP contribution is 2.24. The zero-order valence-electron chi connectivity index (χ0n) is 12.0. The number of hydrogen-bond acceptors (Lipinski definition) is 2. The Kier molecular flexibility index (Phi) is 5.26. The monoisotopic (exact) mass is 280 g/mol. The van der Waals surface area contributed by atoms with Gasteiger partial charge in [0.15, 0.2) is 0 Å². The van der Waals surface area contributed by atoms with Crippen molar-refractivity contribution in [2.24, 2.45) is 17.6 Å². The van der Waals surface area contributed by atoms with Gasteiger partial charge in [0, 0.05) is 17.6 Å². The van der Waals surface area contributed by atoms with E-state index in [0.29, 0.717) is 0 Å². The lowest BCUT2D eigenvalue weighted by Gasteiger charge is -2.35. The Bertz CT molecular complexity index is 407. The van der Waals surface area contributed by atoms with Crippen molar-refractivity contribution in [2.45, 2.75) is 32.7 Å². The van der Waals surface area contributed by atoms with Gasteiger partial charge in [0.05, 0.1) is 0 Å². The largest absolute Gasteiger partial charge is 0.324 e. The lowest BCUT2D eigenvalue weighted by Crippen LogP contribution is -2.39. The number of halogens is 1. The third-order valence-electron chi connectivity index (χ3n) is 4.45. The van der Waals surface area contributed by atoms with Crippen LogP contribution in [-0.4, -0.2) is 24.5 Å². The first-order valence-corrected chi connectivity index (χ1v) is 7.67. The predicted molar refractivity (Wildman–Crippen MR) is 82.4 cm³/mol. The van der Waals surface area contributed by atoms with Crippen LogP contribution in [0.15, 0.2) is 24.3 Å². The number of nitrogens with zero attached hydrogens (tertiary/aromatic N) is 1. The maximum absolute atomic E-state index is 6.26. The third-order valence-corrected chi connectivity index (χ3v) is 4.69. The molecule has 3 atom stereocenters. The Balaban J connectivity index is 1.82. The van der Waals surface area contributed by atoms with Gasteiger partial charge in [-0.15, -0.1) is 0 Å². The van der Waals surface area contributed by atoms with Gasteiger partial charge in [-0.05, 0) is 55.5 Å². The van der Waals surface area contributed by atoms with Gasteiger partial charge in [-0.2, -0.15) is 0 Å². The van der Waals surface area contributed by atoms with E-state index in [9.17, 15) is 0 Å². The molecule has 0 aliphatic carbocycles. The summed E-state index contributed by atoms with van der Waals surface area (Å²) in [6.07, 6.45) is 2.31. The van der Waals surface area contributed by atoms with Crippen LogP contribution in [0.5, 0.6) is 0 Å². The van der Waals surface area contributed by atoms with Gasteiger partial charge in [-0.25, -0.2) is 0 Å². The Morgan fingerprint density at radius 2 is 2.16 bits per heavy atom. The number of piperidine rings is 1. The molecule has 2 rings (SSSR count). The zero-order valence-corrected chi connectivity index (χ0v) is 12.7. The molecule has 1 aliphatic heterocycles. The molecule has 106 valence electrons. The highest BCUT2D eigenvalue weighted by molar-refractivity contribution is 6.30. The molecule has 2 nitrogen and oxygen atoms in total. The molecule has 1 heterocycles. The summed E-state index contributed by atoms with van der Waals surface area (Å²) in [4.78, 5) is 2.55. The summed E-state index contributed by atoms with van der Waals surface area (Å²) in [5.74, 6) is 1.66. The van der Waals surface area contributed by atoms with Crippen LogP contribution in [0.25, 0.3) is 0 Å². The zero-order chi connectivity index (χ0) is 13.8. The highest BCUT2D eigenvalue weighted by Gasteiger charge is 2.22. The van der Waals surface area contributed by atoms with E-state index in [2.05, 4.69) is 24.8 Å². The van der Waals surface area contributed by atoms with Crippen molar-refractivity contribution in [3.8, 4) is 0 Å². The summed E-state index contributed by atoms with van der Waals surface area (Å²) in [6, 6.07) is 8.01. The average molecular weight is 281 g/mol. The fourth-order valence-corrected chi connectivity index (χ4v) is 2.98. The molecule has 2 N–H and O–H groups in total. The molecular formula is C16H25ClN2. The third kappa shape index (κ3) is 4.20. The topological polar surface area (TPSA) is 29.3 Å². The molecule has 1 aromatic rings. The molecule has 0 bridgehead atoms. The Hall–Kier alpha value is -0.570. The van der Waals surface area contributed by atoms with Crippen molar-refractivity contribution in [3.63, 3.8) is 0 Å². The van der Waals surface area contributed by atoms with Crippen molar-refractivity contribution in [2.75, 3.05) is 19.6 Å². The van der Waals surface area contributed by atoms with Crippen molar-refractivity contribution in [1.82, 2.24) is 4.90 Å². The summed E-state index contributed by atoms with van der Waals surface area (Å²) >= 11 is 6.01. The molecule has 0 aromatic heterocycles. The minimum atomic E-state index is 0.0911. The van der Waals surface area contributed by atoms with Crippen LogP contribution in [0.4, 0.5) is 0 Å². The van der Waals surface area contributed by atoms with E-state index in [1.807, 2.05) is 18.2 Å². The minimum Gasteiger partial charge on any atom is -0.324 e. The second-order valence-electron chi connectivity index (χ2n) is 5.99. The molecule has 3 unspecified atom stereocenters. The second-order valence-corrected chi connectivity index (χ2v) is 6.43. The molecule has 1 saturated heterocycles. The number of likely N-dealkylation sites (tertiary alicyclic amines) is 1. The number of rotatable bonds is 4. The quantitative estimate of drug-likeness (QED) is 0.911. The summed E-state index contributed by atoms with van der Waals surface area (Å²) in [7, 11) is 0. The molecular weight excluding hydrogens is 256 g/mol. The van der Waals surface area contributed by atoms with E-state index >= 15 is 0 Å². The van der Waals surface area contributed by atoms with Crippen LogP contribution in [0.1, 0.15) is 38.3 Å². The molecule has 1 aliphatic rings. The van der Waals surface area contributed by atoms with Crippen LogP contribution in [-0.2, 0) is 0 Å². The maximum atomic E-state index is 6.26. The predicted octanol–water partition coefficient (Wildman–Crippen LogP) is 3.71. The molecule has 0 amide bonds. The first kappa shape index (κ1) is 14.8. The number of benzene rings is 1. The fourth-order valence-electron chi connectivity index (χ4n) is 2.78. The van der Waals surface area contributed by atoms with E-state index in [1.54, 1.807) is 0 Å². The first-order valence-electron chi connectivity index (χ1n) is 7.29. The lowest BCUT2D eigenvalue weighted by atomic mass is 9.88. The summed E-state index contributed by atoms with van der Waals surface area (Å²) in [5, 5.41) is 0.772. The SMILES string of the molecule is CC1CCN(CCC(N)c2cccc(Cl)c2)CC1C. The van der Waals surface area contributed by atoms with E-state index in [4.69, 9.17) is 17.3 Å². The van der Waals surface area contributed by atoms with Gasteiger partial charge < -0.3 is 10.6 Å². The van der Waals surface area contributed by atoms with Gasteiger partial charge >= 0.3 is 0 Å². The summed E-state index contributed by atoms with van der Waals surface area (Å²) in [6.45, 7) is 8.23. The molecule has 0 spiro atoms. The smallest absolute Gasteiger partial charge is 0.0409 e. The molecule has 0 saturated carbocycles. The van der Waals surface area contributed by atoms with E-state index in [1.165, 1.54) is 19.5 Å². The lowest BCUT2D eigenvalue weighted by molar-refractivity contribution is 0.135. The fraction of sp³-hybridized carbons (Fsp3) is 0.625. The molecule has 1 aromatic carbocycles. The number of hydrogen-bond donors (Lipinski definition) is 1. The summed E-state index contributed by atoms with van der Waals surface area (Å²) < 4.78 is 0. The standard InChI is InChI=1S/C16H25ClN2/c1-12-6-8-19(11-13(12)2)9-7-16(18)14-4-3-5-15(17)10-14/h3-5,10,12-13,16H,6-9,11,18H2,1-2H3. The summed E-state index contributed by atoms with van der Waals surface area (Å²) in [5.41, 5.74) is 7.40. The number of nitrogens with two attached hydrogens (primary N) is 1. The van der Waals surface area contributed by atoms with E-state index in [0.717, 1.165) is 35.4 Å². The van der Waals surface area contributed by atoms with Gasteiger partial charge in [0.2, 0.25) is 0 Å². The molecule has 1 fully saturated rings. The van der Waals surface area contributed by atoms with Crippen molar-refractivity contribution in [1.29, 1.82) is 0 Å². The highest BCUT2D eigenvalue weighted by atomic mass is 35.5. The van der Waals surface area contributed by atoms with Gasteiger partial charge in [0.25, 0.3) is 0 Å². The maximum Gasteiger partial charge on any atom is 0.0409 e. The Morgan fingerprint density at radius 1 is 1.37 bits per heavy atom. The van der Waals surface area contributed by atoms with E-state index in [-0.39, 0.29) is 6.04 Å². The molecule has 0 radical (unpaired) electrons. The Morgan fingerprint density at radius 3 is 2.84 bits per heavy atom. The van der Waals surface area contributed by atoms with Crippen molar-refractivity contribution in [3.05, 3.63) is 34.9 Å². The Labute approximate surface area is 121 Å². The van der Waals surface area contributed by atoms with Crippen LogP contribution in [0, 0.1) is 11.8 Å². The second kappa shape index (κ2) is 6.74. The van der Waals surface area contributed by atoms with Crippen LogP contribution in [0.3, 0.4) is 0 Å². The van der Waals surface area contributed by atoms with Gasteiger partial charge in [-0.3, -0.25) is 0 Å². The first-order chi connectivity index (χ1) is 9.06. The molecule has 19 heavy (non-hydrogen) atoms. The van der Waals surface area contributed by atoms with Crippen molar-refractivity contribution < 1.29 is 0 Å². The van der Waals surface area contributed by atoms with Crippen LogP contribution < -0.4 is 5.73 Å².